The average Bonchev–Trinajstić information content (AvgIpc) is 2.83. The second kappa shape index (κ2) is 6.79. The molecule has 0 bridgehead atoms. The Morgan fingerprint density at radius 1 is 1.20 bits per heavy atom. The van der Waals surface area contributed by atoms with E-state index < -0.39 is 29.3 Å². The van der Waals surface area contributed by atoms with Crippen LogP contribution in [0.3, 0.4) is 0 Å². The topological polar surface area (TPSA) is 63.1 Å². The van der Waals surface area contributed by atoms with Crippen molar-refractivity contribution >= 4 is 5.91 Å². The largest absolute Gasteiger partial charge is 0.435 e. The van der Waals surface area contributed by atoms with E-state index in [9.17, 15) is 22.4 Å². The van der Waals surface area contributed by atoms with Crippen LogP contribution in [0.25, 0.3) is 5.69 Å². The average molecular weight is 357 g/mol. The van der Waals surface area contributed by atoms with Crippen molar-refractivity contribution in [1.82, 2.24) is 25.2 Å². The van der Waals surface area contributed by atoms with E-state index >= 15 is 0 Å². The molecule has 2 aromatic rings. The Morgan fingerprint density at radius 2 is 2.00 bits per heavy atom. The minimum Gasteiger partial charge on any atom is -0.336 e. The van der Waals surface area contributed by atoms with Gasteiger partial charge >= 0.3 is 6.18 Å². The standard InChI is InChI=1S/C15H15F4N5O/c16-10-3-1-4-11(9-10)24-13(15(17,18)19)12(21-22-24)14(25)23-7-2-5-20-6-8-23/h1,3-4,9,20H,2,5-8H2. The fourth-order valence-corrected chi connectivity index (χ4v) is 2.67. The molecule has 1 saturated heterocycles. The molecule has 1 amide bonds. The lowest BCUT2D eigenvalue weighted by molar-refractivity contribution is -0.143. The van der Waals surface area contributed by atoms with Crippen LogP contribution in [0.4, 0.5) is 17.6 Å². The van der Waals surface area contributed by atoms with Crippen molar-refractivity contribution in [3.05, 3.63) is 41.5 Å². The zero-order valence-electron chi connectivity index (χ0n) is 13.1. The van der Waals surface area contributed by atoms with Crippen molar-refractivity contribution in [3.8, 4) is 5.69 Å². The van der Waals surface area contributed by atoms with E-state index in [-0.39, 0.29) is 12.2 Å². The van der Waals surface area contributed by atoms with Crippen molar-refractivity contribution in [2.75, 3.05) is 26.2 Å². The Balaban J connectivity index is 2.04. The highest BCUT2D eigenvalue weighted by molar-refractivity contribution is 5.93. The van der Waals surface area contributed by atoms with Gasteiger partial charge in [-0.3, -0.25) is 4.79 Å². The van der Waals surface area contributed by atoms with E-state index in [4.69, 9.17) is 0 Å². The summed E-state index contributed by atoms with van der Waals surface area (Å²) >= 11 is 0. The molecule has 1 aromatic heterocycles. The minimum absolute atomic E-state index is 0.156. The van der Waals surface area contributed by atoms with Crippen LogP contribution in [-0.2, 0) is 6.18 Å². The molecule has 0 unspecified atom stereocenters. The number of aromatic nitrogens is 3. The predicted molar refractivity (Wildman–Crippen MR) is 79.7 cm³/mol. The summed E-state index contributed by atoms with van der Waals surface area (Å²) in [6.45, 7) is 1.79. The summed E-state index contributed by atoms with van der Waals surface area (Å²) in [5.41, 5.74) is -2.24. The SMILES string of the molecule is O=C(c1nnn(-c2cccc(F)c2)c1C(F)(F)F)N1CCCNCC1. The van der Waals surface area contributed by atoms with E-state index in [1.165, 1.54) is 17.0 Å². The molecule has 1 aromatic carbocycles. The monoisotopic (exact) mass is 357 g/mol. The van der Waals surface area contributed by atoms with Crippen molar-refractivity contribution in [2.45, 2.75) is 12.6 Å². The van der Waals surface area contributed by atoms with Crippen LogP contribution in [0.2, 0.25) is 0 Å². The van der Waals surface area contributed by atoms with Gasteiger partial charge in [-0.05, 0) is 31.2 Å². The minimum atomic E-state index is -4.87. The number of nitrogens with one attached hydrogen (secondary N) is 1. The molecule has 134 valence electrons. The van der Waals surface area contributed by atoms with Gasteiger partial charge in [-0.25, -0.2) is 9.07 Å². The summed E-state index contributed by atoms with van der Waals surface area (Å²) in [6.07, 6.45) is -4.24. The second-order valence-electron chi connectivity index (χ2n) is 5.57. The number of halogens is 4. The number of carbonyl (C=O) groups is 1. The molecule has 3 rings (SSSR count). The van der Waals surface area contributed by atoms with Crippen LogP contribution in [0.5, 0.6) is 0 Å². The lowest BCUT2D eigenvalue weighted by Gasteiger charge is -2.19. The van der Waals surface area contributed by atoms with Gasteiger partial charge in [0.1, 0.15) is 5.82 Å². The van der Waals surface area contributed by atoms with Crippen molar-refractivity contribution in [3.63, 3.8) is 0 Å². The van der Waals surface area contributed by atoms with Gasteiger partial charge in [0.25, 0.3) is 5.91 Å². The first-order chi connectivity index (χ1) is 11.9. The second-order valence-corrected chi connectivity index (χ2v) is 5.57. The molecule has 1 aliphatic heterocycles. The van der Waals surface area contributed by atoms with Crippen LogP contribution in [0.1, 0.15) is 22.6 Å². The third-order valence-corrected chi connectivity index (χ3v) is 3.82. The Hall–Kier alpha value is -2.49. The first kappa shape index (κ1) is 17.3. The Morgan fingerprint density at radius 3 is 2.72 bits per heavy atom. The summed E-state index contributed by atoms with van der Waals surface area (Å²) in [6, 6.07) is 4.52. The van der Waals surface area contributed by atoms with Crippen LogP contribution < -0.4 is 5.32 Å². The van der Waals surface area contributed by atoms with Gasteiger partial charge < -0.3 is 10.2 Å². The number of rotatable bonds is 2. The van der Waals surface area contributed by atoms with Crippen molar-refractivity contribution in [2.24, 2.45) is 0 Å². The smallest absolute Gasteiger partial charge is 0.336 e. The number of amides is 1. The molecular formula is C15H15F4N5O. The number of hydrogen-bond acceptors (Lipinski definition) is 4. The third-order valence-electron chi connectivity index (χ3n) is 3.82. The lowest BCUT2D eigenvalue weighted by atomic mass is 10.2. The molecular weight excluding hydrogens is 342 g/mol. The zero-order valence-corrected chi connectivity index (χ0v) is 13.1. The maximum atomic E-state index is 13.6. The molecule has 10 heteroatoms. The quantitative estimate of drug-likeness (QED) is 0.834. The van der Waals surface area contributed by atoms with E-state index in [0.29, 0.717) is 30.7 Å². The number of carbonyl (C=O) groups excluding carboxylic acids is 1. The Bertz CT molecular complexity index is 766. The lowest BCUT2D eigenvalue weighted by Crippen LogP contribution is -2.35. The molecule has 1 aliphatic rings. The summed E-state index contributed by atoms with van der Waals surface area (Å²) < 4.78 is 54.5. The van der Waals surface area contributed by atoms with Crippen LogP contribution in [0, 0.1) is 5.82 Å². The van der Waals surface area contributed by atoms with Crippen molar-refractivity contribution < 1.29 is 22.4 Å². The normalized spacial score (nSPS) is 15.9. The number of benzene rings is 1. The first-order valence-electron chi connectivity index (χ1n) is 7.67. The third kappa shape index (κ3) is 3.63. The fourth-order valence-electron chi connectivity index (χ4n) is 2.67. The summed E-state index contributed by atoms with van der Waals surface area (Å²) in [5.74, 6) is -1.55. The molecule has 0 spiro atoms. The van der Waals surface area contributed by atoms with Crippen molar-refractivity contribution in [1.29, 1.82) is 0 Å². The van der Waals surface area contributed by atoms with Gasteiger partial charge in [-0.1, -0.05) is 11.3 Å². The molecule has 0 atom stereocenters. The van der Waals surface area contributed by atoms with Crippen LogP contribution in [0.15, 0.2) is 24.3 Å². The number of nitrogens with zero attached hydrogens (tertiary/aromatic N) is 4. The molecule has 0 aliphatic carbocycles. The van der Waals surface area contributed by atoms with E-state index in [1.54, 1.807) is 0 Å². The fraction of sp³-hybridized carbons (Fsp3) is 0.400. The molecule has 1 N–H and O–H groups in total. The summed E-state index contributed by atoms with van der Waals surface area (Å²) in [7, 11) is 0. The van der Waals surface area contributed by atoms with Gasteiger partial charge in [-0.15, -0.1) is 5.10 Å². The van der Waals surface area contributed by atoms with E-state index in [2.05, 4.69) is 15.6 Å². The molecule has 6 nitrogen and oxygen atoms in total. The molecule has 0 radical (unpaired) electrons. The van der Waals surface area contributed by atoms with E-state index in [0.717, 1.165) is 12.1 Å². The van der Waals surface area contributed by atoms with Gasteiger partial charge in [-0.2, -0.15) is 13.2 Å². The van der Waals surface area contributed by atoms with Gasteiger partial charge in [0.15, 0.2) is 11.4 Å². The molecule has 1 fully saturated rings. The first-order valence-corrected chi connectivity index (χ1v) is 7.67. The van der Waals surface area contributed by atoms with Gasteiger partial charge in [0.05, 0.1) is 5.69 Å². The summed E-state index contributed by atoms with van der Waals surface area (Å²) in [4.78, 5) is 13.9. The highest BCUT2D eigenvalue weighted by Gasteiger charge is 2.43. The Kier molecular flexibility index (Phi) is 4.71. The molecule has 25 heavy (non-hydrogen) atoms. The maximum Gasteiger partial charge on any atom is 0.435 e. The summed E-state index contributed by atoms with van der Waals surface area (Å²) in [5, 5.41) is 9.97. The zero-order chi connectivity index (χ0) is 18.0. The van der Waals surface area contributed by atoms with Crippen LogP contribution >= 0.6 is 0 Å². The van der Waals surface area contributed by atoms with E-state index in [1.807, 2.05) is 0 Å². The highest BCUT2D eigenvalue weighted by atomic mass is 19.4. The van der Waals surface area contributed by atoms with Gasteiger partial charge in [0.2, 0.25) is 0 Å². The Labute approximate surface area is 140 Å². The number of hydrogen-bond donors (Lipinski definition) is 1. The predicted octanol–water partition coefficient (Wildman–Crippen LogP) is 1.86. The van der Waals surface area contributed by atoms with Crippen LogP contribution in [-0.4, -0.2) is 52.0 Å². The number of alkyl halides is 3. The maximum absolute atomic E-state index is 13.6. The van der Waals surface area contributed by atoms with Gasteiger partial charge in [0, 0.05) is 19.6 Å². The highest BCUT2D eigenvalue weighted by Crippen LogP contribution is 2.33. The molecule has 2 heterocycles. The molecule has 0 saturated carbocycles.